The van der Waals surface area contributed by atoms with Crippen LogP contribution < -0.4 is 0 Å². The number of halogens is 2. The van der Waals surface area contributed by atoms with E-state index in [2.05, 4.69) is 8.37 Å². The number of hydrogen-bond donors (Lipinski definition) is 2. The normalized spacial score (nSPS) is 39.8. The number of aliphatic hydroxyl groups excluding tert-OH is 2. The van der Waals surface area contributed by atoms with Gasteiger partial charge >= 0.3 is 21.8 Å². The van der Waals surface area contributed by atoms with Gasteiger partial charge in [-0.15, -0.1) is 23.2 Å². The summed E-state index contributed by atoms with van der Waals surface area (Å²) in [7, 11) is -3.61. The lowest BCUT2D eigenvalue weighted by atomic mass is 10.3. The smallest absolute Gasteiger partial charge is 0.390 e. The van der Waals surface area contributed by atoms with E-state index in [1.165, 1.54) is 0 Å². The van der Waals surface area contributed by atoms with Crippen LogP contribution in [0.1, 0.15) is 65.2 Å². The zero-order valence-electron chi connectivity index (χ0n) is 15.9. The minimum Gasteiger partial charge on any atom is -0.390 e. The van der Waals surface area contributed by atoms with Gasteiger partial charge in [0.2, 0.25) is 0 Å². The number of hydrogen-bond acceptors (Lipinski definition) is 9. The molecule has 180 valence electrons. The Labute approximate surface area is 191 Å². The van der Waals surface area contributed by atoms with Crippen molar-refractivity contribution in [3.63, 3.8) is 0 Å². The summed E-state index contributed by atoms with van der Waals surface area (Å²) in [6, 6.07) is 0. The maximum absolute atomic E-state index is 10.6. The molecule has 5 rings (SSSR count). The van der Waals surface area contributed by atoms with Crippen LogP contribution in [0.4, 0.5) is 0 Å². The molecule has 0 aromatic rings. The SMILES string of the molecule is C.ClCCl.O=S1(=O)OC2CCCC2O1.O=S1OC2CCCC2O1.OC1CCCC1O. The van der Waals surface area contributed by atoms with E-state index in [1.54, 1.807) is 0 Å². The van der Waals surface area contributed by atoms with E-state index in [-0.39, 0.29) is 37.2 Å². The molecule has 6 unspecified atom stereocenters. The van der Waals surface area contributed by atoms with Crippen molar-refractivity contribution in [1.29, 1.82) is 0 Å². The van der Waals surface area contributed by atoms with Crippen LogP contribution in [-0.4, -0.2) is 64.8 Å². The highest BCUT2D eigenvalue weighted by Gasteiger charge is 2.43. The van der Waals surface area contributed by atoms with Crippen molar-refractivity contribution in [1.82, 2.24) is 0 Å². The fourth-order valence-corrected chi connectivity index (χ4v) is 5.68. The largest absolute Gasteiger partial charge is 0.400 e. The molecule has 9 nitrogen and oxygen atoms in total. The van der Waals surface area contributed by atoms with E-state index >= 15 is 0 Å². The molecule has 2 N–H and O–H groups in total. The predicted molar refractivity (Wildman–Crippen MR) is 113 cm³/mol. The highest BCUT2D eigenvalue weighted by molar-refractivity contribution is 7.82. The maximum Gasteiger partial charge on any atom is 0.400 e. The van der Waals surface area contributed by atoms with E-state index < -0.39 is 34.0 Å². The molecule has 0 amide bonds. The van der Waals surface area contributed by atoms with Gasteiger partial charge in [-0.3, -0.25) is 8.37 Å². The van der Waals surface area contributed by atoms with Crippen molar-refractivity contribution in [3.8, 4) is 0 Å². The number of fused-ring (bicyclic) bond motifs is 2. The highest BCUT2D eigenvalue weighted by atomic mass is 35.5. The lowest BCUT2D eigenvalue weighted by Crippen LogP contribution is -2.17. The lowest BCUT2D eigenvalue weighted by molar-refractivity contribution is 0.0438. The van der Waals surface area contributed by atoms with Gasteiger partial charge in [-0.25, -0.2) is 8.37 Å². The molecule has 0 radical (unpaired) electrons. The number of alkyl halides is 2. The van der Waals surface area contributed by atoms with Gasteiger partial charge in [0.25, 0.3) is 0 Å². The molecule has 0 aromatic carbocycles. The summed E-state index contributed by atoms with van der Waals surface area (Å²) in [5.41, 5.74) is 0. The Morgan fingerprint density at radius 2 is 1.10 bits per heavy atom. The summed E-state index contributed by atoms with van der Waals surface area (Å²) in [6.07, 6.45) is 7.34. The standard InChI is InChI=1S/C5H8O4S.C5H8O3S.C5H10O2.CH2Cl2.CH4/c6-10(7)8-4-2-1-3-5(4)9-10;6-9-7-4-2-1-3-5(4)8-9;6-4-2-1-3-5(4)7;2-1-3;/h4-5H,1-3H2;4-5H,1-3H2;4-7H,1-3H2;1H2;1H4. The molecule has 2 aliphatic heterocycles. The van der Waals surface area contributed by atoms with Gasteiger partial charge in [0.15, 0.2) is 0 Å². The van der Waals surface area contributed by atoms with Crippen LogP contribution in [-0.2, 0) is 38.5 Å². The first-order valence-electron chi connectivity index (χ1n) is 9.61. The Balaban J connectivity index is 0.000000211. The molecule has 2 saturated heterocycles. The van der Waals surface area contributed by atoms with Gasteiger partial charge < -0.3 is 10.2 Å². The van der Waals surface area contributed by atoms with Crippen LogP contribution in [0.3, 0.4) is 0 Å². The Bertz CT molecular complexity index is 582. The van der Waals surface area contributed by atoms with Gasteiger partial charge in [-0.2, -0.15) is 12.6 Å². The zero-order chi connectivity index (χ0) is 21.4. The minimum absolute atomic E-state index is 0. The maximum atomic E-state index is 10.6. The zero-order valence-corrected chi connectivity index (χ0v) is 19.0. The molecule has 5 aliphatic rings. The first kappa shape index (κ1) is 28.5. The highest BCUT2D eigenvalue weighted by Crippen LogP contribution is 2.33. The molecular weight excluding hydrogens is 483 g/mol. The summed E-state index contributed by atoms with van der Waals surface area (Å²) in [5, 5.41) is 17.7. The molecular formula is C17H32Cl2O9S2. The number of aliphatic hydroxyl groups is 2. The van der Waals surface area contributed by atoms with Crippen molar-refractivity contribution in [2.45, 2.75) is 102 Å². The second-order valence-corrected chi connectivity index (χ2v) is 9.98. The molecule has 5 fully saturated rings. The van der Waals surface area contributed by atoms with Crippen LogP contribution in [0, 0.1) is 0 Å². The summed E-state index contributed by atoms with van der Waals surface area (Å²) in [5.74, 6) is 0. The van der Waals surface area contributed by atoms with Crippen molar-refractivity contribution < 1.29 is 39.6 Å². The first-order valence-corrected chi connectivity index (χ1v) is 13.0. The Morgan fingerprint density at radius 3 is 1.43 bits per heavy atom. The second-order valence-electron chi connectivity index (χ2n) is 7.18. The van der Waals surface area contributed by atoms with Gasteiger partial charge in [0.1, 0.15) is 24.4 Å². The first-order chi connectivity index (χ1) is 13.8. The third-order valence-corrected chi connectivity index (χ3v) is 6.89. The fraction of sp³-hybridized carbons (Fsp3) is 1.00. The van der Waals surface area contributed by atoms with E-state index in [4.69, 9.17) is 41.8 Å². The minimum atomic E-state index is -3.61. The van der Waals surface area contributed by atoms with Crippen LogP contribution >= 0.6 is 23.2 Å². The fourth-order valence-electron chi connectivity index (χ4n) is 3.70. The molecule has 30 heavy (non-hydrogen) atoms. The molecule has 3 saturated carbocycles. The average Bonchev–Trinajstić information content (AvgIpc) is 3.40. The topological polar surface area (TPSA) is 129 Å². The van der Waals surface area contributed by atoms with E-state index in [9.17, 15) is 12.6 Å². The van der Waals surface area contributed by atoms with Crippen molar-refractivity contribution in [2.75, 3.05) is 5.34 Å². The van der Waals surface area contributed by atoms with Crippen LogP contribution in [0.5, 0.6) is 0 Å². The molecule has 2 heterocycles. The van der Waals surface area contributed by atoms with Gasteiger partial charge in [-0.05, 0) is 57.8 Å². The van der Waals surface area contributed by atoms with Crippen LogP contribution in [0.2, 0.25) is 0 Å². The van der Waals surface area contributed by atoms with Crippen LogP contribution in [0.25, 0.3) is 0 Å². The summed E-state index contributed by atoms with van der Waals surface area (Å²) in [6.45, 7) is 0. The summed E-state index contributed by atoms with van der Waals surface area (Å²) in [4.78, 5) is 0. The third kappa shape index (κ3) is 9.13. The second kappa shape index (κ2) is 13.9. The molecule has 3 aliphatic carbocycles. The quantitative estimate of drug-likeness (QED) is 0.468. The van der Waals surface area contributed by atoms with E-state index in [0.717, 1.165) is 57.8 Å². The van der Waals surface area contributed by atoms with Crippen molar-refractivity contribution in [3.05, 3.63) is 0 Å². The Kier molecular flexibility index (Phi) is 13.2. The van der Waals surface area contributed by atoms with Gasteiger partial charge in [-0.1, -0.05) is 7.43 Å². The molecule has 0 spiro atoms. The average molecular weight is 515 g/mol. The lowest BCUT2D eigenvalue weighted by Gasteiger charge is -2.03. The molecule has 0 aromatic heterocycles. The summed E-state index contributed by atoms with van der Waals surface area (Å²) < 4.78 is 50.8. The third-order valence-electron chi connectivity index (χ3n) is 5.12. The molecule has 6 atom stereocenters. The van der Waals surface area contributed by atoms with Crippen LogP contribution in [0.15, 0.2) is 0 Å². The Hall–Kier alpha value is 0.440. The number of rotatable bonds is 0. The summed E-state index contributed by atoms with van der Waals surface area (Å²) >= 11 is 8.10. The van der Waals surface area contributed by atoms with Crippen molar-refractivity contribution >= 4 is 45.0 Å². The van der Waals surface area contributed by atoms with Gasteiger partial charge in [0.05, 0.1) is 17.5 Å². The van der Waals surface area contributed by atoms with Crippen molar-refractivity contribution in [2.24, 2.45) is 0 Å². The van der Waals surface area contributed by atoms with Gasteiger partial charge in [0, 0.05) is 0 Å². The molecule has 13 heteroatoms. The van der Waals surface area contributed by atoms with E-state index in [0.29, 0.717) is 0 Å². The monoisotopic (exact) mass is 514 g/mol. The predicted octanol–water partition coefficient (Wildman–Crippen LogP) is 2.68. The molecule has 0 bridgehead atoms. The Morgan fingerprint density at radius 1 is 0.767 bits per heavy atom. The van der Waals surface area contributed by atoms with E-state index in [1.807, 2.05) is 0 Å².